The molecule has 138 valence electrons. The maximum absolute atomic E-state index is 12.8. The van der Waals surface area contributed by atoms with Gasteiger partial charge >= 0.3 is 0 Å². The number of hydrogen-bond donors (Lipinski definition) is 0. The van der Waals surface area contributed by atoms with Crippen molar-refractivity contribution >= 4 is 17.7 Å². The molecule has 0 aromatic carbocycles. The van der Waals surface area contributed by atoms with E-state index < -0.39 is 0 Å². The van der Waals surface area contributed by atoms with Crippen LogP contribution in [0.3, 0.4) is 0 Å². The van der Waals surface area contributed by atoms with Crippen LogP contribution in [-0.2, 0) is 14.4 Å². The van der Waals surface area contributed by atoms with Gasteiger partial charge in [0.2, 0.25) is 17.7 Å². The lowest BCUT2D eigenvalue weighted by Crippen LogP contribution is -2.50. The minimum Gasteiger partial charge on any atom is -0.339 e. The second-order valence-corrected chi connectivity index (χ2v) is 8.42. The van der Waals surface area contributed by atoms with Gasteiger partial charge in [-0.05, 0) is 44.4 Å². The summed E-state index contributed by atoms with van der Waals surface area (Å²) in [5, 5.41) is 0. The molecule has 0 N–H and O–H groups in total. The maximum Gasteiger partial charge on any atom is 0.233 e. The van der Waals surface area contributed by atoms with Crippen molar-refractivity contribution in [2.45, 2.75) is 76.7 Å². The Hall–Kier alpha value is -1.39. The fraction of sp³-hybridized carbons (Fsp3) is 0.850. The van der Waals surface area contributed by atoms with Gasteiger partial charge in [-0.1, -0.05) is 25.7 Å². The Morgan fingerprint density at radius 3 is 2.16 bits per heavy atom. The first-order chi connectivity index (χ1) is 12.2. The molecule has 4 rings (SSSR count). The molecule has 0 aromatic heterocycles. The van der Waals surface area contributed by atoms with E-state index in [1.54, 1.807) is 0 Å². The van der Waals surface area contributed by atoms with E-state index in [0.29, 0.717) is 18.4 Å². The molecule has 5 heteroatoms. The minimum absolute atomic E-state index is 0.0170. The number of rotatable bonds is 3. The summed E-state index contributed by atoms with van der Waals surface area (Å²) < 4.78 is 0. The average molecular weight is 346 g/mol. The van der Waals surface area contributed by atoms with Crippen LogP contribution < -0.4 is 0 Å². The van der Waals surface area contributed by atoms with E-state index in [1.165, 1.54) is 30.6 Å². The van der Waals surface area contributed by atoms with E-state index in [4.69, 9.17) is 0 Å². The first-order valence-electron chi connectivity index (χ1n) is 10.3. The van der Waals surface area contributed by atoms with Crippen LogP contribution in [0.1, 0.15) is 70.6 Å². The molecule has 2 saturated heterocycles. The van der Waals surface area contributed by atoms with E-state index in [0.717, 1.165) is 45.1 Å². The van der Waals surface area contributed by atoms with Gasteiger partial charge in [0, 0.05) is 25.6 Å². The summed E-state index contributed by atoms with van der Waals surface area (Å²) >= 11 is 0. The van der Waals surface area contributed by atoms with E-state index in [9.17, 15) is 14.4 Å². The number of hydrogen-bond acceptors (Lipinski definition) is 3. The Kier molecular flexibility index (Phi) is 4.83. The second-order valence-electron chi connectivity index (χ2n) is 8.42. The van der Waals surface area contributed by atoms with Crippen LogP contribution in [0.5, 0.6) is 0 Å². The quantitative estimate of drug-likeness (QED) is 0.738. The third kappa shape index (κ3) is 3.11. The summed E-state index contributed by atoms with van der Waals surface area (Å²) in [6.07, 6.45) is 11.3. The second kappa shape index (κ2) is 7.08. The monoisotopic (exact) mass is 346 g/mol. The standard InChI is InChI=1S/C20H30N2O3/c23-18(21-12-5-7-14-6-1-4-10-17(14)21)11-13-22-19(24)15-8-2-3-9-16(15)20(22)25/h14-17H,1-13H2/t14?,15-,16+,17?. The number of nitrogens with zero attached hydrogens (tertiary/aromatic N) is 2. The summed E-state index contributed by atoms with van der Waals surface area (Å²) in [5.41, 5.74) is 0. The van der Waals surface area contributed by atoms with Crippen molar-refractivity contribution in [2.24, 2.45) is 17.8 Å². The van der Waals surface area contributed by atoms with Crippen LogP contribution in [0, 0.1) is 17.8 Å². The molecule has 2 aliphatic carbocycles. The van der Waals surface area contributed by atoms with Crippen molar-refractivity contribution in [2.75, 3.05) is 13.1 Å². The molecule has 0 bridgehead atoms. The highest BCUT2D eigenvalue weighted by atomic mass is 16.2. The highest BCUT2D eigenvalue weighted by Gasteiger charge is 2.48. The van der Waals surface area contributed by atoms with Gasteiger partial charge in [-0.15, -0.1) is 0 Å². The lowest BCUT2D eigenvalue weighted by molar-refractivity contribution is -0.142. The fourth-order valence-electron chi connectivity index (χ4n) is 5.74. The van der Waals surface area contributed by atoms with Gasteiger partial charge in [0.1, 0.15) is 0 Å². The van der Waals surface area contributed by atoms with Crippen LogP contribution in [0.2, 0.25) is 0 Å². The largest absolute Gasteiger partial charge is 0.339 e. The van der Waals surface area contributed by atoms with Crippen molar-refractivity contribution in [1.29, 1.82) is 0 Å². The van der Waals surface area contributed by atoms with Crippen LogP contribution in [0.4, 0.5) is 0 Å². The maximum atomic E-state index is 12.8. The van der Waals surface area contributed by atoms with Gasteiger partial charge in [0.05, 0.1) is 11.8 Å². The first kappa shape index (κ1) is 17.0. The molecule has 4 atom stereocenters. The Balaban J connectivity index is 1.37. The zero-order valence-corrected chi connectivity index (χ0v) is 15.1. The highest BCUT2D eigenvalue weighted by molar-refractivity contribution is 6.05. The summed E-state index contributed by atoms with van der Waals surface area (Å²) in [5.74, 6) is 0.577. The number of fused-ring (bicyclic) bond motifs is 2. The van der Waals surface area contributed by atoms with Crippen molar-refractivity contribution in [3.05, 3.63) is 0 Å². The third-order valence-corrected chi connectivity index (χ3v) is 7.05. The number of carbonyl (C=O) groups excluding carboxylic acids is 3. The molecule has 4 fully saturated rings. The molecule has 0 spiro atoms. The third-order valence-electron chi connectivity index (χ3n) is 7.05. The summed E-state index contributed by atoms with van der Waals surface area (Å²) in [6.45, 7) is 1.14. The number of likely N-dealkylation sites (tertiary alicyclic amines) is 2. The van der Waals surface area contributed by atoms with E-state index in [-0.39, 0.29) is 36.1 Å². The fourth-order valence-corrected chi connectivity index (χ4v) is 5.74. The van der Waals surface area contributed by atoms with Crippen molar-refractivity contribution in [3.8, 4) is 0 Å². The predicted molar refractivity (Wildman–Crippen MR) is 93.5 cm³/mol. The molecule has 25 heavy (non-hydrogen) atoms. The van der Waals surface area contributed by atoms with Gasteiger partial charge in [-0.25, -0.2) is 0 Å². The number of carbonyl (C=O) groups is 3. The highest BCUT2D eigenvalue weighted by Crippen LogP contribution is 2.38. The molecular formula is C20H30N2O3. The number of amides is 3. The summed E-state index contributed by atoms with van der Waals surface area (Å²) in [6, 6.07) is 0.405. The molecule has 0 radical (unpaired) electrons. The molecule has 2 aliphatic heterocycles. The van der Waals surface area contributed by atoms with Crippen LogP contribution in [0.15, 0.2) is 0 Å². The molecular weight excluding hydrogens is 316 g/mol. The number of piperidine rings is 1. The zero-order valence-electron chi connectivity index (χ0n) is 15.1. The van der Waals surface area contributed by atoms with Crippen molar-refractivity contribution in [3.63, 3.8) is 0 Å². The molecule has 0 aromatic rings. The lowest BCUT2D eigenvalue weighted by atomic mass is 9.78. The van der Waals surface area contributed by atoms with Gasteiger partial charge in [-0.2, -0.15) is 0 Å². The van der Waals surface area contributed by atoms with Crippen LogP contribution in [0.25, 0.3) is 0 Å². The summed E-state index contributed by atoms with van der Waals surface area (Å²) in [7, 11) is 0. The van der Waals surface area contributed by atoms with Crippen LogP contribution >= 0.6 is 0 Å². The molecule has 2 heterocycles. The van der Waals surface area contributed by atoms with Gasteiger partial charge in [0.25, 0.3) is 0 Å². The van der Waals surface area contributed by atoms with E-state index in [1.807, 2.05) is 0 Å². The Morgan fingerprint density at radius 1 is 0.840 bits per heavy atom. The topological polar surface area (TPSA) is 57.7 Å². The van der Waals surface area contributed by atoms with Crippen molar-refractivity contribution in [1.82, 2.24) is 9.80 Å². The molecule has 3 amide bonds. The normalized spacial score (nSPS) is 35.5. The van der Waals surface area contributed by atoms with Crippen LogP contribution in [-0.4, -0.2) is 46.7 Å². The predicted octanol–water partition coefficient (Wildman–Crippen LogP) is 2.73. The zero-order chi connectivity index (χ0) is 17.4. The molecule has 2 saturated carbocycles. The van der Waals surface area contributed by atoms with E-state index in [2.05, 4.69) is 4.90 Å². The molecule has 4 aliphatic rings. The lowest BCUT2D eigenvalue weighted by Gasteiger charge is -2.44. The Morgan fingerprint density at radius 2 is 1.44 bits per heavy atom. The Bertz CT molecular complexity index is 535. The SMILES string of the molecule is O=C1[C@H]2CCCC[C@H]2C(=O)N1CCC(=O)N1CCCC2CCCCC21. The first-order valence-corrected chi connectivity index (χ1v) is 10.3. The summed E-state index contributed by atoms with van der Waals surface area (Å²) in [4.78, 5) is 41.4. The minimum atomic E-state index is -0.103. The van der Waals surface area contributed by atoms with E-state index >= 15 is 0 Å². The molecule has 5 nitrogen and oxygen atoms in total. The number of imide groups is 1. The van der Waals surface area contributed by atoms with Gasteiger partial charge < -0.3 is 4.90 Å². The smallest absolute Gasteiger partial charge is 0.233 e. The van der Waals surface area contributed by atoms with Crippen molar-refractivity contribution < 1.29 is 14.4 Å². The van der Waals surface area contributed by atoms with Gasteiger partial charge in [0.15, 0.2) is 0 Å². The Labute approximate surface area is 150 Å². The average Bonchev–Trinajstić information content (AvgIpc) is 2.90. The van der Waals surface area contributed by atoms with Gasteiger partial charge in [-0.3, -0.25) is 19.3 Å². The molecule has 2 unspecified atom stereocenters.